The fraction of sp³-hybridized carbons (Fsp3) is 0.750. The molecule has 0 radical (unpaired) electrons. The topological polar surface area (TPSA) is 0 Å². The van der Waals surface area contributed by atoms with Crippen LogP contribution in [0.3, 0.4) is 0 Å². The SMILES string of the molecule is CCCCCCC(/C=C(\I)[Si](C)(C)C)=C(\I)[Si](C)(C)C. The Kier molecular flexibility index (Phi) is 10.2. The van der Waals surface area contributed by atoms with Crippen molar-refractivity contribution in [1.29, 1.82) is 0 Å². The van der Waals surface area contributed by atoms with E-state index in [9.17, 15) is 0 Å². The smallest absolute Gasteiger partial charge is 0.0654 e. The molecular weight excluding hydrogens is 502 g/mol. The minimum atomic E-state index is -1.18. The predicted octanol–water partition coefficient (Wildman–Crippen LogP) is 7.72. The van der Waals surface area contributed by atoms with E-state index in [0.29, 0.717) is 0 Å². The summed E-state index contributed by atoms with van der Waals surface area (Å²) in [6.45, 7) is 17.0. The molecule has 0 aromatic carbocycles. The monoisotopic (exact) mass is 534 g/mol. The molecule has 0 rings (SSSR count). The molecule has 0 N–H and O–H groups in total. The predicted molar refractivity (Wildman–Crippen MR) is 119 cm³/mol. The molecular formula is C16H32I2Si2. The summed E-state index contributed by atoms with van der Waals surface area (Å²) < 4.78 is 3.30. The Balaban J connectivity index is 5.19. The number of allylic oxidation sites excluding steroid dienone is 2. The molecule has 0 nitrogen and oxygen atoms in total. The number of hydrogen-bond acceptors (Lipinski definition) is 0. The molecule has 0 fully saturated rings. The Morgan fingerprint density at radius 1 is 0.850 bits per heavy atom. The molecule has 0 saturated carbocycles. The number of rotatable bonds is 8. The molecule has 0 aromatic rings. The zero-order valence-electron chi connectivity index (χ0n) is 14.4. The Labute approximate surface area is 156 Å². The summed E-state index contributed by atoms with van der Waals surface area (Å²) in [5, 5.41) is 0. The van der Waals surface area contributed by atoms with Gasteiger partial charge in [-0.05, 0) is 24.8 Å². The van der Waals surface area contributed by atoms with Crippen molar-refractivity contribution in [2.45, 2.75) is 78.3 Å². The van der Waals surface area contributed by atoms with Gasteiger partial charge in [0, 0.05) is 0 Å². The zero-order valence-corrected chi connectivity index (χ0v) is 20.7. The van der Waals surface area contributed by atoms with Gasteiger partial charge in [-0.15, -0.1) is 0 Å². The van der Waals surface area contributed by atoms with Crippen LogP contribution in [0.15, 0.2) is 18.1 Å². The van der Waals surface area contributed by atoms with Gasteiger partial charge in [0.15, 0.2) is 0 Å². The van der Waals surface area contributed by atoms with Crippen molar-refractivity contribution in [3.05, 3.63) is 18.1 Å². The van der Waals surface area contributed by atoms with Gasteiger partial charge < -0.3 is 0 Å². The maximum atomic E-state index is 2.64. The summed E-state index contributed by atoms with van der Waals surface area (Å²) in [7, 11) is -2.34. The third-order valence-electron chi connectivity index (χ3n) is 3.26. The Morgan fingerprint density at radius 3 is 1.80 bits per heavy atom. The van der Waals surface area contributed by atoms with Gasteiger partial charge in [0.25, 0.3) is 0 Å². The summed E-state index contributed by atoms with van der Waals surface area (Å²) in [5.41, 5.74) is 1.65. The van der Waals surface area contributed by atoms with Crippen molar-refractivity contribution in [3.63, 3.8) is 0 Å². The number of unbranched alkanes of at least 4 members (excludes halogenated alkanes) is 3. The second kappa shape index (κ2) is 9.50. The Hall–Kier alpha value is 1.37. The van der Waals surface area contributed by atoms with Crippen molar-refractivity contribution >= 4 is 61.3 Å². The van der Waals surface area contributed by atoms with Crippen LogP contribution < -0.4 is 0 Å². The largest absolute Gasteiger partial charge is 0.0858 e. The molecule has 0 aromatic heterocycles. The van der Waals surface area contributed by atoms with E-state index in [1.54, 1.807) is 12.0 Å². The maximum absolute atomic E-state index is 2.64. The molecule has 0 aliphatic carbocycles. The van der Waals surface area contributed by atoms with Crippen LogP contribution in [0.25, 0.3) is 0 Å². The summed E-state index contributed by atoms with van der Waals surface area (Å²) in [6, 6.07) is 0. The lowest BCUT2D eigenvalue weighted by Gasteiger charge is -2.22. The highest BCUT2D eigenvalue weighted by Gasteiger charge is 2.22. The first-order valence-corrected chi connectivity index (χ1v) is 16.9. The molecule has 0 spiro atoms. The van der Waals surface area contributed by atoms with E-state index in [4.69, 9.17) is 0 Å². The summed E-state index contributed by atoms with van der Waals surface area (Å²) in [5.74, 6) is 0. The molecule has 0 unspecified atom stereocenters. The second-order valence-corrected chi connectivity index (χ2v) is 22.0. The van der Waals surface area contributed by atoms with Crippen LogP contribution in [-0.2, 0) is 0 Å². The van der Waals surface area contributed by atoms with Crippen LogP contribution in [0.5, 0.6) is 0 Å². The van der Waals surface area contributed by atoms with Crippen LogP contribution in [-0.4, -0.2) is 16.1 Å². The fourth-order valence-corrected chi connectivity index (χ4v) is 4.41. The van der Waals surface area contributed by atoms with Gasteiger partial charge in [0.1, 0.15) is 0 Å². The van der Waals surface area contributed by atoms with Gasteiger partial charge in [-0.1, -0.05) is 117 Å². The zero-order chi connectivity index (χ0) is 16.0. The molecule has 4 heteroatoms. The summed E-state index contributed by atoms with van der Waals surface area (Å²) >= 11 is 5.24. The fourth-order valence-electron chi connectivity index (χ4n) is 1.84. The lowest BCUT2D eigenvalue weighted by Crippen LogP contribution is -2.23. The molecule has 0 amide bonds. The van der Waals surface area contributed by atoms with Crippen LogP contribution in [0, 0.1) is 0 Å². The number of halogens is 2. The molecule has 0 heterocycles. The highest BCUT2D eigenvalue weighted by Crippen LogP contribution is 2.32. The van der Waals surface area contributed by atoms with Gasteiger partial charge in [-0.3, -0.25) is 0 Å². The second-order valence-electron chi connectivity index (χ2n) is 7.64. The van der Waals surface area contributed by atoms with Crippen molar-refractivity contribution in [3.8, 4) is 0 Å². The minimum Gasteiger partial charge on any atom is -0.0654 e. The summed E-state index contributed by atoms with van der Waals surface area (Å²) in [6.07, 6.45) is 9.26. The molecule has 118 valence electrons. The van der Waals surface area contributed by atoms with E-state index in [0.717, 1.165) is 0 Å². The van der Waals surface area contributed by atoms with Crippen LogP contribution in [0.4, 0.5) is 0 Å². The van der Waals surface area contributed by atoms with E-state index in [1.165, 1.54) is 32.1 Å². The molecule has 0 saturated heterocycles. The van der Waals surface area contributed by atoms with Gasteiger partial charge in [0.2, 0.25) is 0 Å². The van der Waals surface area contributed by atoms with Crippen molar-refractivity contribution in [2.75, 3.05) is 0 Å². The molecule has 0 atom stereocenters. The van der Waals surface area contributed by atoms with Crippen molar-refractivity contribution in [1.82, 2.24) is 0 Å². The average molecular weight is 534 g/mol. The van der Waals surface area contributed by atoms with Gasteiger partial charge >= 0.3 is 0 Å². The van der Waals surface area contributed by atoms with Crippen molar-refractivity contribution in [2.24, 2.45) is 0 Å². The van der Waals surface area contributed by atoms with E-state index in [2.05, 4.69) is 97.5 Å². The average Bonchev–Trinajstić information content (AvgIpc) is 2.29. The Morgan fingerprint density at radius 2 is 1.40 bits per heavy atom. The van der Waals surface area contributed by atoms with Crippen molar-refractivity contribution < 1.29 is 0 Å². The highest BCUT2D eigenvalue weighted by atomic mass is 127. The van der Waals surface area contributed by atoms with Crippen LogP contribution in [0.1, 0.15) is 39.0 Å². The Bertz CT molecular complexity index is 358. The minimum absolute atomic E-state index is 1.16. The van der Waals surface area contributed by atoms with E-state index in [-0.39, 0.29) is 0 Å². The molecule has 0 aliphatic heterocycles. The van der Waals surface area contributed by atoms with Gasteiger partial charge in [0.05, 0.1) is 16.1 Å². The third kappa shape index (κ3) is 8.73. The lowest BCUT2D eigenvalue weighted by molar-refractivity contribution is 0.668. The first-order valence-electron chi connectivity index (χ1n) is 7.77. The van der Waals surface area contributed by atoms with Crippen LogP contribution >= 0.6 is 45.2 Å². The quantitative estimate of drug-likeness (QED) is 0.130. The summed E-state index contributed by atoms with van der Waals surface area (Å²) in [4.78, 5) is 0. The van der Waals surface area contributed by atoms with E-state index >= 15 is 0 Å². The normalized spacial score (nSPS) is 15.3. The van der Waals surface area contributed by atoms with Gasteiger partial charge in [-0.2, -0.15) is 0 Å². The molecule has 20 heavy (non-hydrogen) atoms. The van der Waals surface area contributed by atoms with Gasteiger partial charge in [-0.25, -0.2) is 0 Å². The standard InChI is InChI=1S/C16H32I2Si2/c1-8-9-10-11-12-14(16(18)20(5,6)7)13-15(17)19(2,3)4/h13H,8-12H2,1-7H3/b15-13+,16-14-. The molecule has 0 aliphatic rings. The third-order valence-corrected chi connectivity index (χ3v) is 17.2. The first kappa shape index (κ1) is 21.4. The first-order chi connectivity index (χ1) is 9.00. The van der Waals surface area contributed by atoms with E-state index < -0.39 is 16.1 Å². The number of hydrogen-bond donors (Lipinski definition) is 0. The van der Waals surface area contributed by atoms with Crippen LogP contribution in [0.2, 0.25) is 39.3 Å². The lowest BCUT2D eigenvalue weighted by atomic mass is 10.1. The highest BCUT2D eigenvalue weighted by molar-refractivity contribution is 14.1. The molecule has 0 bridgehead atoms. The maximum Gasteiger partial charge on any atom is 0.0858 e. The van der Waals surface area contributed by atoms with E-state index in [1.807, 2.05) is 0 Å².